The summed E-state index contributed by atoms with van der Waals surface area (Å²) in [5, 5.41) is 27.7. The monoisotopic (exact) mass is 540 g/mol. The summed E-state index contributed by atoms with van der Waals surface area (Å²) in [6.45, 7) is -3.61. The number of hydrogen-bond acceptors (Lipinski definition) is 3. The van der Waals surface area contributed by atoms with Crippen molar-refractivity contribution in [2.45, 2.75) is 6.82 Å². The Bertz CT molecular complexity index is 1320. The predicted octanol–water partition coefficient (Wildman–Crippen LogP) is 3.00. The molecule has 3 nitrogen and oxygen atoms in total. The Balaban J connectivity index is 0.000000260. The van der Waals surface area contributed by atoms with Crippen molar-refractivity contribution >= 4 is 49.1 Å². The van der Waals surface area contributed by atoms with Gasteiger partial charge >= 0.3 is 65.3 Å². The van der Waals surface area contributed by atoms with Gasteiger partial charge in [-0.15, -0.1) is 5.46 Å². The molecular formula is C29H26B2F3KO3. The number of phenols is 2. The van der Waals surface area contributed by atoms with E-state index in [9.17, 15) is 23.1 Å². The second-order valence-corrected chi connectivity index (χ2v) is 8.43. The molecule has 4 aromatic carbocycles. The molecule has 0 atom stereocenters. The summed E-state index contributed by atoms with van der Waals surface area (Å²) in [5.41, 5.74) is 3.98. The van der Waals surface area contributed by atoms with E-state index < -0.39 is 19.4 Å². The van der Waals surface area contributed by atoms with Crippen LogP contribution in [0.3, 0.4) is 0 Å². The average Bonchev–Trinajstić information content (AvgIpc) is 2.88. The van der Waals surface area contributed by atoms with Gasteiger partial charge in [-0.05, 0) is 52.0 Å². The van der Waals surface area contributed by atoms with Crippen LogP contribution in [0.15, 0.2) is 97.1 Å². The molecule has 0 heterocycles. The minimum absolute atomic E-state index is 0. The fraction of sp³-hybridized carbons (Fsp3) is 0.0345. The summed E-state index contributed by atoms with van der Waals surface area (Å²) in [7, 11) is 0. The van der Waals surface area contributed by atoms with E-state index in [4.69, 9.17) is 5.11 Å². The van der Waals surface area contributed by atoms with Crippen molar-refractivity contribution in [3.63, 3.8) is 0 Å². The van der Waals surface area contributed by atoms with Gasteiger partial charge in [-0.3, -0.25) is 0 Å². The molecule has 4 aromatic rings. The molecule has 0 amide bonds. The topological polar surface area (TPSA) is 60.7 Å². The van der Waals surface area contributed by atoms with E-state index >= 15 is 0 Å². The van der Waals surface area contributed by atoms with Crippen LogP contribution in [-0.2, 0) is 0 Å². The van der Waals surface area contributed by atoms with Crippen molar-refractivity contribution < 1.29 is 79.6 Å². The molecule has 4 rings (SSSR count). The molecule has 0 fully saturated rings. The summed E-state index contributed by atoms with van der Waals surface area (Å²) >= 11 is 0. The second-order valence-electron chi connectivity index (χ2n) is 8.43. The van der Waals surface area contributed by atoms with Crippen LogP contribution in [0.25, 0.3) is 24.3 Å². The maximum Gasteiger partial charge on any atom is 1.00 e. The number of phenolic OH excluding ortho intramolecular Hbond substituents is 2. The van der Waals surface area contributed by atoms with E-state index in [-0.39, 0.29) is 62.9 Å². The molecule has 0 saturated heterocycles. The minimum Gasteiger partial charge on any atom is -0.508 e. The van der Waals surface area contributed by atoms with E-state index in [2.05, 4.69) is 0 Å². The van der Waals surface area contributed by atoms with Crippen LogP contribution in [-0.4, -0.2) is 29.1 Å². The van der Waals surface area contributed by atoms with Crippen LogP contribution in [0.5, 0.6) is 11.5 Å². The first-order valence-corrected chi connectivity index (χ1v) is 11.6. The van der Waals surface area contributed by atoms with Gasteiger partial charge in [0.05, 0.1) is 0 Å². The van der Waals surface area contributed by atoms with Crippen LogP contribution in [0, 0.1) is 0 Å². The minimum atomic E-state index is -4.93. The maximum atomic E-state index is 12.4. The van der Waals surface area contributed by atoms with Crippen LogP contribution in [0.2, 0.25) is 6.82 Å². The zero-order valence-electron chi connectivity index (χ0n) is 21.2. The van der Waals surface area contributed by atoms with Crippen LogP contribution in [0.1, 0.15) is 22.3 Å². The summed E-state index contributed by atoms with van der Waals surface area (Å²) in [6.07, 6.45) is 7.47. The fourth-order valence-electron chi connectivity index (χ4n) is 3.27. The van der Waals surface area contributed by atoms with E-state index in [0.717, 1.165) is 34.3 Å². The molecular weight excluding hydrogens is 514 g/mol. The van der Waals surface area contributed by atoms with Gasteiger partial charge < -0.3 is 28.2 Å². The van der Waals surface area contributed by atoms with E-state index in [1.807, 2.05) is 48.6 Å². The third kappa shape index (κ3) is 10.7. The normalized spacial score (nSPS) is 11.1. The van der Waals surface area contributed by atoms with Gasteiger partial charge in [0.15, 0.2) is 0 Å². The Morgan fingerprint density at radius 2 is 0.842 bits per heavy atom. The van der Waals surface area contributed by atoms with Gasteiger partial charge in [0, 0.05) is 0 Å². The van der Waals surface area contributed by atoms with Crippen molar-refractivity contribution in [2.75, 3.05) is 0 Å². The van der Waals surface area contributed by atoms with E-state index in [1.165, 1.54) is 12.1 Å². The van der Waals surface area contributed by atoms with Gasteiger partial charge in [-0.1, -0.05) is 104 Å². The Morgan fingerprint density at radius 1 is 0.553 bits per heavy atom. The molecule has 0 unspecified atom stereocenters. The first-order chi connectivity index (χ1) is 17.6. The third-order valence-corrected chi connectivity index (χ3v) is 5.46. The van der Waals surface area contributed by atoms with Gasteiger partial charge in [0.25, 0.3) is 0 Å². The zero-order valence-corrected chi connectivity index (χ0v) is 24.3. The molecule has 188 valence electrons. The molecule has 0 aromatic heterocycles. The largest absolute Gasteiger partial charge is 1.00 e. The quantitative estimate of drug-likeness (QED) is 0.261. The summed E-state index contributed by atoms with van der Waals surface area (Å²) in [4.78, 5) is 0. The van der Waals surface area contributed by atoms with Gasteiger partial charge in [0.1, 0.15) is 11.5 Å². The molecule has 0 bridgehead atoms. The summed E-state index contributed by atoms with van der Waals surface area (Å²) in [5.74, 6) is 0.447. The van der Waals surface area contributed by atoms with E-state index in [1.54, 1.807) is 55.4 Å². The molecule has 9 heteroatoms. The predicted molar refractivity (Wildman–Crippen MR) is 149 cm³/mol. The van der Waals surface area contributed by atoms with Crippen LogP contribution in [0.4, 0.5) is 12.9 Å². The van der Waals surface area contributed by atoms with Gasteiger partial charge in [0.2, 0.25) is 0 Å². The van der Waals surface area contributed by atoms with Gasteiger partial charge in [-0.2, -0.15) is 0 Å². The first-order valence-electron chi connectivity index (χ1n) is 11.6. The summed E-state index contributed by atoms with van der Waals surface area (Å²) in [6, 6.07) is 26.4. The number of aromatic hydroxyl groups is 2. The van der Waals surface area contributed by atoms with Crippen molar-refractivity contribution in [1.29, 1.82) is 0 Å². The molecule has 0 aliphatic rings. The molecule has 0 aliphatic carbocycles. The maximum absolute atomic E-state index is 12.4. The molecule has 38 heavy (non-hydrogen) atoms. The van der Waals surface area contributed by atoms with Crippen LogP contribution >= 0.6 is 0 Å². The van der Waals surface area contributed by atoms with Crippen molar-refractivity contribution in [2.24, 2.45) is 0 Å². The third-order valence-electron chi connectivity index (χ3n) is 5.46. The van der Waals surface area contributed by atoms with Gasteiger partial charge in [-0.25, -0.2) is 0 Å². The zero-order chi connectivity index (χ0) is 26.8. The van der Waals surface area contributed by atoms with Crippen molar-refractivity contribution in [3.8, 4) is 11.5 Å². The number of rotatable bonds is 6. The fourth-order valence-corrected chi connectivity index (χ4v) is 3.27. The van der Waals surface area contributed by atoms with Crippen LogP contribution < -0.4 is 62.3 Å². The van der Waals surface area contributed by atoms with E-state index in [0.29, 0.717) is 5.56 Å². The molecule has 0 saturated carbocycles. The molecule has 3 N–H and O–H groups in total. The Hall–Kier alpha value is -2.52. The Morgan fingerprint density at radius 3 is 1.13 bits per heavy atom. The molecule has 0 radical (unpaired) electrons. The second kappa shape index (κ2) is 15.2. The molecule has 0 spiro atoms. The average molecular weight is 540 g/mol. The van der Waals surface area contributed by atoms with Crippen molar-refractivity contribution in [3.05, 3.63) is 119 Å². The first kappa shape index (κ1) is 31.7. The number of benzene rings is 4. The number of hydrogen-bond donors (Lipinski definition) is 3. The summed E-state index contributed by atoms with van der Waals surface area (Å²) < 4.78 is 37.3. The number of halogens is 3. The smallest absolute Gasteiger partial charge is 0.508 e. The molecule has 0 aliphatic heterocycles. The Kier molecular flexibility index (Phi) is 12.6. The SMILES string of the molecule is CB(O)c1ccc(C=Cc2ccc(O)cc2)cc1.Oc1ccc(C=Cc2ccc([B-](F)(F)F)cc2)cc1.[K+]. The standard InChI is InChI=1S/C15H15BO2.C14H11BF3O.K/c1-16(18)14-8-4-12(5-9-14)2-3-13-6-10-15(17)11-7-13;16-15(17,18)13-7-3-11(4-8-13)1-2-12-5-9-14(19)10-6-12;/h2-11,17-18H,1H3;1-10,19H;/q;-1;+1. The van der Waals surface area contributed by atoms with Crippen molar-refractivity contribution in [1.82, 2.24) is 0 Å². The Labute approximate surface area is 264 Å².